The van der Waals surface area contributed by atoms with Gasteiger partial charge in [-0.2, -0.15) is 0 Å². The number of phenols is 1. The molecule has 0 bridgehead atoms. The number of barbiturate groups is 1. The zero-order valence-electron chi connectivity index (χ0n) is 14.7. The fraction of sp³-hybridized carbons (Fsp3) is 0.150. The molecule has 0 aromatic heterocycles. The molecule has 6 nitrogen and oxygen atoms in total. The number of nitrogens with zero attached hydrogens (tertiary/aromatic N) is 1. The van der Waals surface area contributed by atoms with E-state index in [9.17, 15) is 19.5 Å². The van der Waals surface area contributed by atoms with Crippen LogP contribution in [0.2, 0.25) is 0 Å². The number of imide groups is 2. The second-order valence-electron chi connectivity index (χ2n) is 6.41. The van der Waals surface area contributed by atoms with E-state index in [0.717, 1.165) is 10.5 Å². The monoisotopic (exact) mass is 428 g/mol. The van der Waals surface area contributed by atoms with Gasteiger partial charge in [0.05, 0.1) is 10.2 Å². The first-order valence-electron chi connectivity index (χ1n) is 8.28. The summed E-state index contributed by atoms with van der Waals surface area (Å²) in [6, 6.07) is 10.8. The molecule has 0 saturated carbocycles. The Kier molecular flexibility index (Phi) is 5.14. The molecule has 1 fully saturated rings. The minimum atomic E-state index is -0.786. The molecule has 2 N–H and O–H groups in total. The third-order valence-electron chi connectivity index (χ3n) is 4.20. The number of carbonyl (C=O) groups is 3. The van der Waals surface area contributed by atoms with Gasteiger partial charge in [0.1, 0.15) is 11.3 Å². The van der Waals surface area contributed by atoms with Crippen LogP contribution in [0.1, 0.15) is 30.9 Å². The van der Waals surface area contributed by atoms with E-state index < -0.39 is 17.8 Å². The number of carbonyl (C=O) groups excluding carboxylic acids is 3. The molecule has 0 radical (unpaired) electrons. The first-order valence-corrected chi connectivity index (χ1v) is 9.07. The Morgan fingerprint density at radius 2 is 1.74 bits per heavy atom. The van der Waals surface area contributed by atoms with Crippen LogP contribution in [0.3, 0.4) is 0 Å². The summed E-state index contributed by atoms with van der Waals surface area (Å²) in [5.41, 5.74) is 1.82. The highest BCUT2D eigenvalue weighted by Crippen LogP contribution is 2.27. The van der Waals surface area contributed by atoms with E-state index in [2.05, 4.69) is 21.2 Å². The van der Waals surface area contributed by atoms with Crippen LogP contribution in [0.25, 0.3) is 6.08 Å². The van der Waals surface area contributed by atoms with Gasteiger partial charge in [0.25, 0.3) is 11.8 Å². The lowest BCUT2D eigenvalue weighted by Gasteiger charge is -2.26. The molecule has 1 heterocycles. The van der Waals surface area contributed by atoms with E-state index >= 15 is 0 Å². The average Bonchev–Trinajstić information content (AvgIpc) is 2.62. The largest absolute Gasteiger partial charge is 0.507 e. The molecule has 3 rings (SSSR count). The number of hydrogen-bond acceptors (Lipinski definition) is 4. The molecule has 0 atom stereocenters. The second kappa shape index (κ2) is 7.36. The Morgan fingerprint density at radius 1 is 1.07 bits per heavy atom. The first-order chi connectivity index (χ1) is 12.8. The molecule has 4 amide bonds. The minimum absolute atomic E-state index is 0.0404. The Bertz CT molecular complexity index is 964. The van der Waals surface area contributed by atoms with Crippen LogP contribution in [0.15, 0.2) is 52.5 Å². The summed E-state index contributed by atoms with van der Waals surface area (Å²) in [5.74, 6) is -1.11. The van der Waals surface area contributed by atoms with Crippen molar-refractivity contribution in [1.82, 2.24) is 5.32 Å². The van der Waals surface area contributed by atoms with E-state index in [-0.39, 0.29) is 11.3 Å². The zero-order valence-corrected chi connectivity index (χ0v) is 16.3. The van der Waals surface area contributed by atoms with Crippen molar-refractivity contribution in [2.75, 3.05) is 4.90 Å². The minimum Gasteiger partial charge on any atom is -0.507 e. The van der Waals surface area contributed by atoms with Crippen LogP contribution in [0.4, 0.5) is 10.5 Å². The molecule has 7 heteroatoms. The van der Waals surface area contributed by atoms with Crippen molar-refractivity contribution in [3.63, 3.8) is 0 Å². The van der Waals surface area contributed by atoms with Gasteiger partial charge in [-0.15, -0.1) is 0 Å². The standard InChI is InChI=1S/C20H17BrN2O4/c1-11(2)13-4-6-14(7-5-13)23-19(26)15(18(25)22-20(23)27)9-12-3-8-17(24)16(21)10-12/h3-11,24H,1-2H3,(H,22,25,27)/b15-9+. The number of rotatable bonds is 3. The maximum atomic E-state index is 12.8. The highest BCUT2D eigenvalue weighted by Gasteiger charge is 2.36. The predicted molar refractivity (Wildman–Crippen MR) is 105 cm³/mol. The van der Waals surface area contributed by atoms with Crippen molar-refractivity contribution in [3.05, 3.63) is 63.6 Å². The van der Waals surface area contributed by atoms with E-state index in [4.69, 9.17) is 0 Å². The molecule has 0 spiro atoms. The number of anilines is 1. The molecule has 2 aromatic carbocycles. The SMILES string of the molecule is CC(C)c1ccc(N2C(=O)NC(=O)/C(=C\c3ccc(O)c(Br)c3)C2=O)cc1. The quantitative estimate of drug-likeness (QED) is 0.572. The van der Waals surface area contributed by atoms with Gasteiger partial charge in [-0.1, -0.05) is 32.0 Å². The van der Waals surface area contributed by atoms with Crippen molar-refractivity contribution in [2.45, 2.75) is 19.8 Å². The lowest BCUT2D eigenvalue weighted by atomic mass is 10.0. The first kappa shape index (κ1) is 18.8. The zero-order chi connectivity index (χ0) is 19.7. The van der Waals surface area contributed by atoms with E-state index in [1.165, 1.54) is 12.1 Å². The fourth-order valence-electron chi connectivity index (χ4n) is 2.68. The van der Waals surface area contributed by atoms with Gasteiger partial charge in [0.15, 0.2) is 0 Å². The molecular weight excluding hydrogens is 412 g/mol. The summed E-state index contributed by atoms with van der Waals surface area (Å²) >= 11 is 3.19. The van der Waals surface area contributed by atoms with Crippen LogP contribution < -0.4 is 10.2 Å². The van der Waals surface area contributed by atoms with Crippen LogP contribution in [0.5, 0.6) is 5.75 Å². The average molecular weight is 429 g/mol. The summed E-state index contributed by atoms with van der Waals surface area (Å²) in [5, 5.41) is 11.8. The summed E-state index contributed by atoms with van der Waals surface area (Å²) < 4.78 is 0.428. The van der Waals surface area contributed by atoms with Gasteiger partial charge in [-0.3, -0.25) is 14.9 Å². The number of nitrogens with one attached hydrogen (secondary N) is 1. The number of amides is 4. The van der Waals surface area contributed by atoms with E-state index in [1.807, 2.05) is 26.0 Å². The van der Waals surface area contributed by atoms with Crippen molar-refractivity contribution in [1.29, 1.82) is 0 Å². The van der Waals surface area contributed by atoms with Crippen LogP contribution >= 0.6 is 15.9 Å². The molecule has 2 aromatic rings. The number of halogens is 1. The maximum absolute atomic E-state index is 12.8. The lowest BCUT2D eigenvalue weighted by Crippen LogP contribution is -2.54. The predicted octanol–water partition coefficient (Wildman–Crippen LogP) is 3.94. The topological polar surface area (TPSA) is 86.7 Å². The van der Waals surface area contributed by atoms with Gasteiger partial charge in [0.2, 0.25) is 0 Å². The van der Waals surface area contributed by atoms with E-state index in [1.54, 1.807) is 24.3 Å². The Balaban J connectivity index is 1.98. The Hall–Kier alpha value is -2.93. The van der Waals surface area contributed by atoms with Crippen molar-refractivity contribution in [3.8, 4) is 5.75 Å². The van der Waals surface area contributed by atoms with Crippen LogP contribution in [-0.2, 0) is 9.59 Å². The van der Waals surface area contributed by atoms with Crippen LogP contribution in [0, 0.1) is 0 Å². The molecule has 27 heavy (non-hydrogen) atoms. The highest BCUT2D eigenvalue weighted by atomic mass is 79.9. The third kappa shape index (κ3) is 3.78. The Labute approximate surface area is 164 Å². The smallest absolute Gasteiger partial charge is 0.335 e. The lowest BCUT2D eigenvalue weighted by molar-refractivity contribution is -0.122. The number of aromatic hydroxyl groups is 1. The molecule has 0 aliphatic carbocycles. The maximum Gasteiger partial charge on any atom is 0.335 e. The summed E-state index contributed by atoms with van der Waals surface area (Å²) in [4.78, 5) is 38.2. The van der Waals surface area contributed by atoms with Gasteiger partial charge in [-0.05, 0) is 63.3 Å². The van der Waals surface area contributed by atoms with E-state index in [0.29, 0.717) is 21.6 Å². The Morgan fingerprint density at radius 3 is 2.33 bits per heavy atom. The number of benzene rings is 2. The molecule has 138 valence electrons. The van der Waals surface area contributed by atoms with Crippen molar-refractivity contribution < 1.29 is 19.5 Å². The van der Waals surface area contributed by atoms with Crippen LogP contribution in [-0.4, -0.2) is 23.0 Å². The fourth-order valence-corrected chi connectivity index (χ4v) is 3.08. The number of urea groups is 1. The summed E-state index contributed by atoms with van der Waals surface area (Å²) in [7, 11) is 0. The highest BCUT2D eigenvalue weighted by molar-refractivity contribution is 9.10. The normalized spacial score (nSPS) is 16.2. The third-order valence-corrected chi connectivity index (χ3v) is 4.84. The summed E-state index contributed by atoms with van der Waals surface area (Å²) in [6.07, 6.45) is 1.38. The second-order valence-corrected chi connectivity index (χ2v) is 7.27. The summed E-state index contributed by atoms with van der Waals surface area (Å²) in [6.45, 7) is 4.09. The number of hydrogen-bond donors (Lipinski definition) is 2. The number of phenolic OH excluding ortho intramolecular Hbond substituents is 1. The van der Waals surface area contributed by atoms with Crippen molar-refractivity contribution >= 4 is 45.5 Å². The van der Waals surface area contributed by atoms with Gasteiger partial charge >= 0.3 is 6.03 Å². The van der Waals surface area contributed by atoms with Gasteiger partial charge < -0.3 is 5.11 Å². The van der Waals surface area contributed by atoms with Gasteiger partial charge in [0, 0.05) is 0 Å². The van der Waals surface area contributed by atoms with Gasteiger partial charge in [-0.25, -0.2) is 9.69 Å². The molecule has 1 aliphatic rings. The molecular formula is C20H17BrN2O4. The molecule has 1 saturated heterocycles. The molecule has 0 unspecified atom stereocenters. The molecule has 1 aliphatic heterocycles. The van der Waals surface area contributed by atoms with Crippen molar-refractivity contribution in [2.24, 2.45) is 0 Å².